The Kier molecular flexibility index (Phi) is 4.78. The van der Waals surface area contributed by atoms with Crippen LogP contribution < -0.4 is 5.32 Å². The van der Waals surface area contributed by atoms with Crippen LogP contribution >= 0.6 is 0 Å². The highest BCUT2D eigenvalue weighted by atomic mass is 16.2. The van der Waals surface area contributed by atoms with Gasteiger partial charge >= 0.3 is 0 Å². The van der Waals surface area contributed by atoms with Crippen molar-refractivity contribution >= 4 is 17.5 Å². The lowest BCUT2D eigenvalue weighted by atomic mass is 9.97. The fraction of sp³-hybridized carbons (Fsp3) is 0.529. The Hall–Kier alpha value is -2.44. The molecule has 1 fully saturated rings. The molecule has 3 rings (SSSR count). The lowest BCUT2D eigenvalue weighted by molar-refractivity contribution is -0.136. The van der Waals surface area contributed by atoms with Gasteiger partial charge in [0, 0.05) is 31.7 Å². The van der Waals surface area contributed by atoms with Crippen molar-refractivity contribution in [2.75, 3.05) is 19.6 Å². The predicted octanol–water partition coefficient (Wildman–Crippen LogP) is 1.35. The Balaban J connectivity index is 1.60. The van der Waals surface area contributed by atoms with E-state index in [1.807, 2.05) is 24.9 Å². The van der Waals surface area contributed by atoms with Crippen LogP contribution in [0.25, 0.3) is 5.65 Å². The van der Waals surface area contributed by atoms with Gasteiger partial charge in [0.25, 0.3) is 5.91 Å². The fourth-order valence-electron chi connectivity index (χ4n) is 3.16. The van der Waals surface area contributed by atoms with Gasteiger partial charge in [-0.25, -0.2) is 0 Å². The first-order chi connectivity index (χ1) is 11.6. The molecule has 2 aromatic rings. The highest BCUT2D eigenvalue weighted by Crippen LogP contribution is 2.18. The summed E-state index contributed by atoms with van der Waals surface area (Å²) in [5, 5.41) is 10.8. The van der Waals surface area contributed by atoms with Crippen LogP contribution in [0.3, 0.4) is 0 Å². The third-order valence-corrected chi connectivity index (χ3v) is 4.44. The minimum absolute atomic E-state index is 0.0175. The maximum absolute atomic E-state index is 12.5. The van der Waals surface area contributed by atoms with Crippen LogP contribution in [0, 0.1) is 11.8 Å². The van der Waals surface area contributed by atoms with Crippen LogP contribution in [0.4, 0.5) is 0 Å². The average Bonchev–Trinajstić information content (AvgIpc) is 3.07. The molecular weight excluding hydrogens is 306 g/mol. The number of hydrogen-bond donors (Lipinski definition) is 1. The smallest absolute Gasteiger partial charge is 0.255 e. The summed E-state index contributed by atoms with van der Waals surface area (Å²) in [4.78, 5) is 26.5. The van der Waals surface area contributed by atoms with Crippen molar-refractivity contribution in [3.8, 4) is 0 Å². The predicted molar refractivity (Wildman–Crippen MR) is 89.5 cm³/mol. The van der Waals surface area contributed by atoms with Crippen molar-refractivity contribution in [2.45, 2.75) is 26.7 Å². The molecule has 0 aromatic carbocycles. The number of aromatic nitrogens is 3. The number of hydrogen-bond acceptors (Lipinski definition) is 4. The number of likely N-dealkylation sites (tertiary alicyclic amines) is 1. The SMILES string of the molecule is CC(C)C(=O)N1CCCC(CNC(=O)c2cccn3cnnc23)C1. The fourth-order valence-corrected chi connectivity index (χ4v) is 3.16. The van der Waals surface area contributed by atoms with E-state index in [0.29, 0.717) is 30.2 Å². The summed E-state index contributed by atoms with van der Waals surface area (Å²) in [7, 11) is 0. The van der Waals surface area contributed by atoms with E-state index in [0.717, 1.165) is 19.4 Å². The Bertz CT molecular complexity index is 739. The lowest BCUT2D eigenvalue weighted by Crippen LogP contribution is -2.45. The third kappa shape index (κ3) is 3.39. The van der Waals surface area contributed by atoms with Crippen LogP contribution in [0.2, 0.25) is 0 Å². The van der Waals surface area contributed by atoms with Crippen LogP contribution in [-0.4, -0.2) is 50.9 Å². The lowest BCUT2D eigenvalue weighted by Gasteiger charge is -2.34. The molecule has 0 radical (unpaired) electrons. The topological polar surface area (TPSA) is 79.6 Å². The molecule has 0 bridgehead atoms. The standard InChI is InChI=1S/C17H23N5O2/c1-12(2)17(24)21-7-3-5-13(10-21)9-18-16(23)14-6-4-8-22-11-19-20-15(14)22/h4,6,8,11-13H,3,5,7,9-10H2,1-2H3,(H,18,23). The Labute approximate surface area is 141 Å². The molecule has 7 heteroatoms. The normalized spacial score (nSPS) is 18.1. The van der Waals surface area contributed by atoms with E-state index in [9.17, 15) is 9.59 Å². The van der Waals surface area contributed by atoms with Crippen molar-refractivity contribution in [3.05, 3.63) is 30.2 Å². The van der Waals surface area contributed by atoms with Crippen molar-refractivity contribution in [2.24, 2.45) is 11.8 Å². The number of pyridine rings is 1. The second kappa shape index (κ2) is 6.98. The molecule has 128 valence electrons. The summed E-state index contributed by atoms with van der Waals surface area (Å²) >= 11 is 0. The molecule has 1 atom stereocenters. The first-order valence-electron chi connectivity index (χ1n) is 8.41. The molecule has 7 nitrogen and oxygen atoms in total. The number of fused-ring (bicyclic) bond motifs is 1. The highest BCUT2D eigenvalue weighted by molar-refractivity contribution is 5.99. The molecule has 24 heavy (non-hydrogen) atoms. The number of rotatable bonds is 4. The van der Waals surface area contributed by atoms with Gasteiger partial charge in [0.05, 0.1) is 5.56 Å². The third-order valence-electron chi connectivity index (χ3n) is 4.44. The van der Waals surface area contributed by atoms with Crippen LogP contribution in [-0.2, 0) is 4.79 Å². The van der Waals surface area contributed by atoms with Gasteiger partial charge in [-0.2, -0.15) is 0 Å². The van der Waals surface area contributed by atoms with Gasteiger partial charge in [0.15, 0.2) is 5.65 Å². The molecule has 2 amide bonds. The zero-order chi connectivity index (χ0) is 17.1. The van der Waals surface area contributed by atoms with Crippen molar-refractivity contribution in [1.82, 2.24) is 24.8 Å². The van der Waals surface area contributed by atoms with Crippen molar-refractivity contribution in [3.63, 3.8) is 0 Å². The highest BCUT2D eigenvalue weighted by Gasteiger charge is 2.25. The number of nitrogens with zero attached hydrogens (tertiary/aromatic N) is 4. The monoisotopic (exact) mass is 329 g/mol. The quantitative estimate of drug-likeness (QED) is 0.918. The molecule has 0 spiro atoms. The van der Waals surface area contributed by atoms with Crippen LogP contribution in [0.1, 0.15) is 37.0 Å². The van der Waals surface area contributed by atoms with E-state index in [2.05, 4.69) is 15.5 Å². The number of carbonyl (C=O) groups is 2. The van der Waals surface area contributed by atoms with E-state index >= 15 is 0 Å². The average molecular weight is 329 g/mol. The molecule has 1 N–H and O–H groups in total. The van der Waals surface area contributed by atoms with Gasteiger partial charge in [-0.15, -0.1) is 10.2 Å². The number of amides is 2. The largest absolute Gasteiger partial charge is 0.352 e. The van der Waals surface area contributed by atoms with E-state index in [4.69, 9.17) is 0 Å². The van der Waals surface area contributed by atoms with Crippen molar-refractivity contribution in [1.29, 1.82) is 0 Å². The maximum Gasteiger partial charge on any atom is 0.255 e. The second-order valence-electron chi connectivity index (χ2n) is 6.64. The van der Waals surface area contributed by atoms with Crippen LogP contribution in [0.15, 0.2) is 24.7 Å². The molecule has 1 saturated heterocycles. The van der Waals surface area contributed by atoms with Crippen molar-refractivity contribution < 1.29 is 9.59 Å². The second-order valence-corrected chi connectivity index (χ2v) is 6.64. The van der Waals surface area contributed by atoms with E-state index in [1.165, 1.54) is 0 Å². The number of nitrogens with one attached hydrogen (secondary N) is 1. The number of carbonyl (C=O) groups excluding carboxylic acids is 2. The van der Waals surface area contributed by atoms with Crippen LogP contribution in [0.5, 0.6) is 0 Å². The summed E-state index contributed by atoms with van der Waals surface area (Å²) in [6, 6.07) is 3.55. The Morgan fingerprint density at radius 1 is 1.42 bits per heavy atom. The molecule has 0 saturated carbocycles. The zero-order valence-electron chi connectivity index (χ0n) is 14.1. The summed E-state index contributed by atoms with van der Waals surface area (Å²) in [6.07, 6.45) is 5.39. The molecule has 1 aliphatic heterocycles. The minimum Gasteiger partial charge on any atom is -0.352 e. The summed E-state index contributed by atoms with van der Waals surface area (Å²) in [5.41, 5.74) is 1.07. The molecule has 2 aromatic heterocycles. The summed E-state index contributed by atoms with van der Waals surface area (Å²) < 4.78 is 1.72. The Morgan fingerprint density at radius 3 is 3.04 bits per heavy atom. The minimum atomic E-state index is -0.152. The van der Waals surface area contributed by atoms with Gasteiger partial charge in [0.2, 0.25) is 5.91 Å². The molecule has 1 aliphatic rings. The van der Waals surface area contributed by atoms with Gasteiger partial charge in [-0.1, -0.05) is 13.8 Å². The van der Waals surface area contributed by atoms with Gasteiger partial charge in [0.1, 0.15) is 6.33 Å². The molecular formula is C17H23N5O2. The first kappa shape index (κ1) is 16.4. The molecule has 1 unspecified atom stereocenters. The summed E-state index contributed by atoms with van der Waals surface area (Å²) in [6.45, 7) is 5.95. The van der Waals surface area contributed by atoms with E-state index < -0.39 is 0 Å². The summed E-state index contributed by atoms with van der Waals surface area (Å²) in [5.74, 6) is 0.354. The Morgan fingerprint density at radius 2 is 2.25 bits per heavy atom. The van der Waals surface area contributed by atoms with E-state index in [-0.39, 0.29) is 17.7 Å². The van der Waals surface area contributed by atoms with Gasteiger partial charge in [-0.3, -0.25) is 14.0 Å². The molecule has 0 aliphatic carbocycles. The van der Waals surface area contributed by atoms with Gasteiger partial charge in [-0.05, 0) is 30.9 Å². The zero-order valence-corrected chi connectivity index (χ0v) is 14.1. The number of piperidine rings is 1. The molecule has 3 heterocycles. The maximum atomic E-state index is 12.5. The van der Waals surface area contributed by atoms with E-state index in [1.54, 1.807) is 22.9 Å². The van der Waals surface area contributed by atoms with Gasteiger partial charge < -0.3 is 10.2 Å². The first-order valence-corrected chi connectivity index (χ1v) is 8.41.